The van der Waals surface area contributed by atoms with Gasteiger partial charge in [0, 0.05) is 17.5 Å². The average molecular weight is 403 g/mol. The van der Waals surface area contributed by atoms with Crippen molar-refractivity contribution in [3.63, 3.8) is 0 Å². The van der Waals surface area contributed by atoms with Crippen molar-refractivity contribution >= 4 is 6.09 Å². The van der Waals surface area contributed by atoms with Crippen LogP contribution >= 0.6 is 0 Å². The highest BCUT2D eigenvalue weighted by Gasteiger charge is 2.48. The molecule has 1 amide bonds. The first kappa shape index (κ1) is 19.8. The fourth-order valence-electron chi connectivity index (χ4n) is 4.50. The summed E-state index contributed by atoms with van der Waals surface area (Å²) < 4.78 is 49.6. The third-order valence-corrected chi connectivity index (χ3v) is 5.83. The lowest BCUT2D eigenvalue weighted by atomic mass is 9.61. The Kier molecular flexibility index (Phi) is 4.63. The van der Waals surface area contributed by atoms with Gasteiger partial charge in [0.2, 0.25) is 0 Å². The van der Waals surface area contributed by atoms with Crippen LogP contribution in [0, 0.1) is 17.5 Å². The van der Waals surface area contributed by atoms with Crippen LogP contribution in [0.1, 0.15) is 51.2 Å². The van der Waals surface area contributed by atoms with E-state index in [1.807, 2.05) is 0 Å². The van der Waals surface area contributed by atoms with Crippen LogP contribution in [0.15, 0.2) is 30.3 Å². The van der Waals surface area contributed by atoms with Gasteiger partial charge in [0.25, 0.3) is 0 Å². The predicted molar refractivity (Wildman–Crippen MR) is 104 cm³/mol. The molecule has 0 bridgehead atoms. The van der Waals surface area contributed by atoms with E-state index in [0.29, 0.717) is 17.7 Å². The number of rotatable bonds is 1. The van der Waals surface area contributed by atoms with Gasteiger partial charge in [0.15, 0.2) is 0 Å². The summed E-state index contributed by atoms with van der Waals surface area (Å²) in [6.45, 7) is 5.73. The number of benzene rings is 2. The van der Waals surface area contributed by atoms with Crippen molar-refractivity contribution in [1.29, 1.82) is 0 Å². The average Bonchev–Trinajstić information content (AvgIpc) is 2.59. The summed E-state index contributed by atoms with van der Waals surface area (Å²) in [5.41, 5.74) is -0.158. The number of halogens is 3. The van der Waals surface area contributed by atoms with Crippen LogP contribution in [-0.4, -0.2) is 23.1 Å². The van der Waals surface area contributed by atoms with Gasteiger partial charge in [-0.25, -0.2) is 18.0 Å². The van der Waals surface area contributed by atoms with Gasteiger partial charge in [-0.15, -0.1) is 0 Å². The Hall–Kier alpha value is -2.50. The zero-order valence-corrected chi connectivity index (χ0v) is 16.8. The molecule has 2 aliphatic rings. The summed E-state index contributed by atoms with van der Waals surface area (Å²) in [4.78, 5) is 14.3. The van der Waals surface area contributed by atoms with Crippen LogP contribution in [0.5, 0.6) is 0 Å². The van der Waals surface area contributed by atoms with E-state index in [9.17, 15) is 18.0 Å². The summed E-state index contributed by atoms with van der Waals surface area (Å²) in [6.07, 6.45) is 1.86. The quantitative estimate of drug-likeness (QED) is 0.589. The molecule has 1 saturated carbocycles. The molecule has 2 aromatic rings. The van der Waals surface area contributed by atoms with Gasteiger partial charge in [-0.3, -0.25) is 0 Å². The van der Waals surface area contributed by atoms with Crippen molar-refractivity contribution in [2.75, 3.05) is 6.54 Å². The maximum absolute atomic E-state index is 15.0. The summed E-state index contributed by atoms with van der Waals surface area (Å²) in [6, 6.07) is 6.35. The molecule has 0 atom stereocenters. The van der Waals surface area contributed by atoms with Gasteiger partial charge in [0.1, 0.15) is 23.1 Å². The molecule has 1 heterocycles. The highest BCUT2D eigenvalue weighted by atomic mass is 19.1. The smallest absolute Gasteiger partial charge is 0.410 e. The van der Waals surface area contributed by atoms with Crippen molar-refractivity contribution < 1.29 is 22.7 Å². The fourth-order valence-corrected chi connectivity index (χ4v) is 4.50. The van der Waals surface area contributed by atoms with E-state index < -0.39 is 28.7 Å². The molecule has 0 N–H and O–H groups in total. The van der Waals surface area contributed by atoms with E-state index in [2.05, 4.69) is 0 Å². The molecule has 0 aromatic heterocycles. The van der Waals surface area contributed by atoms with Crippen molar-refractivity contribution in [3.05, 3.63) is 58.9 Å². The van der Waals surface area contributed by atoms with E-state index in [4.69, 9.17) is 4.74 Å². The lowest BCUT2D eigenvalue weighted by Gasteiger charge is -2.50. The molecule has 1 spiro atoms. The molecule has 0 radical (unpaired) electrons. The van der Waals surface area contributed by atoms with Crippen LogP contribution < -0.4 is 0 Å². The highest BCUT2D eigenvalue weighted by molar-refractivity contribution is 5.74. The minimum atomic E-state index is -0.712. The number of amides is 1. The fraction of sp³-hybridized carbons (Fsp3) is 0.435. The Morgan fingerprint density at radius 1 is 1.03 bits per heavy atom. The minimum absolute atomic E-state index is 0.0485. The Balaban J connectivity index is 1.86. The van der Waals surface area contributed by atoms with Crippen molar-refractivity contribution in [2.24, 2.45) is 0 Å². The molecule has 3 nitrogen and oxygen atoms in total. The maximum atomic E-state index is 15.0. The van der Waals surface area contributed by atoms with E-state index in [1.54, 1.807) is 20.8 Å². The zero-order valence-electron chi connectivity index (χ0n) is 16.8. The van der Waals surface area contributed by atoms with E-state index in [0.717, 1.165) is 19.3 Å². The van der Waals surface area contributed by atoms with E-state index >= 15 is 0 Å². The second-order valence-corrected chi connectivity index (χ2v) is 9.02. The number of carbonyl (C=O) groups is 1. The summed E-state index contributed by atoms with van der Waals surface area (Å²) in [5.74, 6) is -1.81. The molecule has 1 aliphatic heterocycles. The summed E-state index contributed by atoms with van der Waals surface area (Å²) in [7, 11) is 0. The van der Waals surface area contributed by atoms with Gasteiger partial charge >= 0.3 is 6.09 Å². The van der Waals surface area contributed by atoms with Crippen LogP contribution in [-0.2, 0) is 16.7 Å². The van der Waals surface area contributed by atoms with Gasteiger partial charge < -0.3 is 9.64 Å². The molecule has 4 rings (SSSR count). The standard InChI is InChI=1S/C23H24F3NO2/c1-22(2,3)29-21(28)27-12-15-14(19-16(24)6-4-7-17(19)25)8-9-18(26)20(15)23(13-27)10-5-11-23/h4,6-9H,5,10-13H2,1-3H3. The maximum Gasteiger partial charge on any atom is 0.410 e. The molecule has 1 fully saturated rings. The van der Waals surface area contributed by atoms with E-state index in [-0.39, 0.29) is 23.5 Å². The largest absolute Gasteiger partial charge is 0.444 e. The number of hydrogen-bond acceptors (Lipinski definition) is 2. The Morgan fingerprint density at radius 3 is 2.24 bits per heavy atom. The summed E-state index contributed by atoms with van der Waals surface area (Å²) >= 11 is 0. The van der Waals surface area contributed by atoms with E-state index in [1.165, 1.54) is 35.2 Å². The first-order valence-electron chi connectivity index (χ1n) is 9.85. The topological polar surface area (TPSA) is 29.5 Å². The lowest BCUT2D eigenvalue weighted by molar-refractivity contribution is 0.00933. The second-order valence-electron chi connectivity index (χ2n) is 9.02. The Labute approximate surface area is 168 Å². The number of fused-ring (bicyclic) bond motifs is 2. The normalized spacial score (nSPS) is 17.7. The molecule has 1 aliphatic carbocycles. The van der Waals surface area contributed by atoms with Crippen LogP contribution in [0.3, 0.4) is 0 Å². The third-order valence-electron chi connectivity index (χ3n) is 5.83. The number of nitrogens with zero attached hydrogens (tertiary/aromatic N) is 1. The van der Waals surface area contributed by atoms with Gasteiger partial charge in [0.05, 0.1) is 12.1 Å². The predicted octanol–water partition coefficient (Wildman–Crippen LogP) is 5.94. The minimum Gasteiger partial charge on any atom is -0.444 e. The third kappa shape index (κ3) is 3.38. The molecule has 154 valence electrons. The molecular formula is C23H24F3NO2. The highest BCUT2D eigenvalue weighted by Crippen LogP contribution is 2.51. The zero-order chi connectivity index (χ0) is 21.0. The Morgan fingerprint density at radius 2 is 1.69 bits per heavy atom. The van der Waals surface area contributed by atoms with Crippen LogP contribution in [0.4, 0.5) is 18.0 Å². The lowest BCUT2D eigenvalue weighted by Crippen LogP contribution is -2.53. The van der Waals surface area contributed by atoms with Gasteiger partial charge in [-0.2, -0.15) is 0 Å². The van der Waals surface area contributed by atoms with Gasteiger partial charge in [-0.05, 0) is 62.9 Å². The monoisotopic (exact) mass is 403 g/mol. The van der Waals surface area contributed by atoms with Crippen molar-refractivity contribution in [1.82, 2.24) is 4.90 Å². The number of hydrogen-bond donors (Lipinski definition) is 0. The first-order valence-corrected chi connectivity index (χ1v) is 9.85. The molecular weight excluding hydrogens is 379 g/mol. The Bertz CT molecular complexity index is 957. The summed E-state index contributed by atoms with van der Waals surface area (Å²) in [5, 5.41) is 0. The first-order chi connectivity index (χ1) is 13.6. The van der Waals surface area contributed by atoms with Crippen molar-refractivity contribution in [2.45, 2.75) is 57.6 Å². The molecule has 6 heteroatoms. The number of carbonyl (C=O) groups excluding carboxylic acids is 1. The van der Waals surface area contributed by atoms with Crippen LogP contribution in [0.2, 0.25) is 0 Å². The number of ether oxygens (including phenoxy) is 1. The van der Waals surface area contributed by atoms with Crippen LogP contribution in [0.25, 0.3) is 11.1 Å². The molecule has 0 unspecified atom stereocenters. The second kappa shape index (κ2) is 6.78. The molecule has 2 aromatic carbocycles. The SMILES string of the molecule is CC(C)(C)OC(=O)N1Cc2c(-c3c(F)cccc3F)ccc(F)c2C2(CCC2)C1. The molecule has 29 heavy (non-hydrogen) atoms. The molecule has 0 saturated heterocycles. The van der Waals surface area contributed by atoms with Crippen molar-refractivity contribution in [3.8, 4) is 11.1 Å². The van der Waals surface area contributed by atoms with Gasteiger partial charge in [-0.1, -0.05) is 18.6 Å².